The second kappa shape index (κ2) is 5.34. The first-order chi connectivity index (χ1) is 8.44. The Morgan fingerprint density at radius 3 is 2.44 bits per heavy atom. The zero-order valence-electron chi connectivity index (χ0n) is 9.84. The molecule has 0 aromatic heterocycles. The number of hydrogen-bond donors (Lipinski definition) is 2. The molecule has 0 aliphatic heterocycles. The van der Waals surface area contributed by atoms with E-state index in [0.717, 1.165) is 0 Å². The molecule has 2 rings (SSSR count). The lowest BCUT2D eigenvalue weighted by Gasteiger charge is -2.31. The Bertz CT molecular complexity index is 495. The topological polar surface area (TPSA) is 66.4 Å². The second-order valence-electron chi connectivity index (χ2n) is 4.73. The molecule has 0 amide bonds. The van der Waals surface area contributed by atoms with Gasteiger partial charge in [-0.3, -0.25) is 0 Å². The van der Waals surface area contributed by atoms with Gasteiger partial charge in [-0.05, 0) is 36.5 Å². The highest BCUT2D eigenvalue weighted by atomic mass is 32.2. The van der Waals surface area contributed by atoms with E-state index in [0.29, 0.717) is 24.9 Å². The number of halogens is 1. The van der Waals surface area contributed by atoms with Crippen LogP contribution in [0.1, 0.15) is 18.4 Å². The van der Waals surface area contributed by atoms with E-state index >= 15 is 0 Å². The van der Waals surface area contributed by atoms with E-state index in [2.05, 4.69) is 4.72 Å². The van der Waals surface area contributed by atoms with Gasteiger partial charge in [0.25, 0.3) is 0 Å². The number of hydrogen-bond acceptors (Lipinski definition) is 3. The van der Waals surface area contributed by atoms with Crippen molar-refractivity contribution in [2.24, 2.45) is 5.92 Å². The van der Waals surface area contributed by atoms with Crippen molar-refractivity contribution in [3.63, 3.8) is 0 Å². The fourth-order valence-corrected chi connectivity index (χ4v) is 3.19. The third-order valence-electron chi connectivity index (χ3n) is 3.07. The van der Waals surface area contributed by atoms with Crippen LogP contribution in [-0.2, 0) is 15.8 Å². The summed E-state index contributed by atoms with van der Waals surface area (Å²) in [6.45, 7) is 0.362. The molecule has 1 saturated carbocycles. The van der Waals surface area contributed by atoms with Crippen LogP contribution in [0.25, 0.3) is 0 Å². The van der Waals surface area contributed by atoms with Gasteiger partial charge >= 0.3 is 0 Å². The van der Waals surface area contributed by atoms with Gasteiger partial charge in [-0.25, -0.2) is 17.5 Å². The number of nitrogens with one attached hydrogen (secondary N) is 1. The number of sulfonamides is 1. The SMILES string of the molecule is O=S(=O)(Cc1ccc(F)cc1)NCC1CC(O)C1. The van der Waals surface area contributed by atoms with E-state index in [4.69, 9.17) is 5.11 Å². The summed E-state index contributed by atoms with van der Waals surface area (Å²) < 4.78 is 38.7. The molecule has 18 heavy (non-hydrogen) atoms. The minimum Gasteiger partial charge on any atom is -0.393 e. The molecule has 0 heterocycles. The van der Waals surface area contributed by atoms with E-state index in [-0.39, 0.29) is 23.6 Å². The summed E-state index contributed by atoms with van der Waals surface area (Å²) in [4.78, 5) is 0. The van der Waals surface area contributed by atoms with Crippen molar-refractivity contribution in [1.29, 1.82) is 0 Å². The molecule has 6 heteroatoms. The van der Waals surface area contributed by atoms with Crippen LogP contribution in [0.4, 0.5) is 4.39 Å². The highest BCUT2D eigenvalue weighted by molar-refractivity contribution is 7.88. The smallest absolute Gasteiger partial charge is 0.215 e. The van der Waals surface area contributed by atoms with Crippen LogP contribution in [0.15, 0.2) is 24.3 Å². The predicted octanol–water partition coefficient (Wildman–Crippen LogP) is 1.02. The highest BCUT2D eigenvalue weighted by Crippen LogP contribution is 2.26. The predicted molar refractivity (Wildman–Crippen MR) is 65.8 cm³/mol. The lowest BCUT2D eigenvalue weighted by atomic mass is 9.83. The molecule has 100 valence electrons. The number of aliphatic hydroxyl groups is 1. The molecule has 0 bridgehead atoms. The van der Waals surface area contributed by atoms with Crippen molar-refractivity contribution in [2.75, 3.05) is 6.54 Å². The zero-order valence-corrected chi connectivity index (χ0v) is 10.7. The lowest BCUT2D eigenvalue weighted by Crippen LogP contribution is -2.38. The van der Waals surface area contributed by atoms with Gasteiger partial charge in [0.15, 0.2) is 0 Å². The largest absolute Gasteiger partial charge is 0.393 e. The van der Waals surface area contributed by atoms with E-state index in [9.17, 15) is 12.8 Å². The minimum atomic E-state index is -3.39. The van der Waals surface area contributed by atoms with Gasteiger partial charge in [-0.2, -0.15) is 0 Å². The van der Waals surface area contributed by atoms with Crippen LogP contribution in [0.3, 0.4) is 0 Å². The summed E-state index contributed by atoms with van der Waals surface area (Å²) >= 11 is 0. The molecule has 1 aromatic carbocycles. The van der Waals surface area contributed by atoms with Crippen molar-refractivity contribution in [3.8, 4) is 0 Å². The second-order valence-corrected chi connectivity index (χ2v) is 6.53. The highest BCUT2D eigenvalue weighted by Gasteiger charge is 2.28. The van der Waals surface area contributed by atoms with Crippen LogP contribution in [0.5, 0.6) is 0 Å². The zero-order chi connectivity index (χ0) is 13.2. The Labute approximate surface area is 106 Å². The normalized spacial score (nSPS) is 23.7. The summed E-state index contributed by atoms with van der Waals surface area (Å²) in [6.07, 6.45) is 1.02. The molecule has 4 nitrogen and oxygen atoms in total. The fourth-order valence-electron chi connectivity index (χ4n) is 1.96. The van der Waals surface area contributed by atoms with Gasteiger partial charge in [0, 0.05) is 6.54 Å². The fraction of sp³-hybridized carbons (Fsp3) is 0.500. The maximum Gasteiger partial charge on any atom is 0.215 e. The van der Waals surface area contributed by atoms with Gasteiger partial charge in [-0.15, -0.1) is 0 Å². The first kappa shape index (κ1) is 13.5. The Hall–Kier alpha value is -0.980. The number of aliphatic hydroxyl groups excluding tert-OH is 1. The lowest BCUT2D eigenvalue weighted by molar-refractivity contribution is 0.0453. The van der Waals surface area contributed by atoms with E-state index in [1.165, 1.54) is 24.3 Å². The third-order valence-corrected chi connectivity index (χ3v) is 4.39. The average molecular weight is 273 g/mol. The maximum atomic E-state index is 12.7. The van der Waals surface area contributed by atoms with E-state index in [1.807, 2.05) is 0 Å². The van der Waals surface area contributed by atoms with Gasteiger partial charge in [-0.1, -0.05) is 12.1 Å². The molecule has 0 spiro atoms. The van der Waals surface area contributed by atoms with E-state index < -0.39 is 10.0 Å². The standard InChI is InChI=1S/C12H16FNO3S/c13-11-3-1-9(2-4-11)8-18(16,17)14-7-10-5-12(15)6-10/h1-4,10,12,14-15H,5-8H2. The molecular formula is C12H16FNO3S. The van der Waals surface area contributed by atoms with Crippen LogP contribution < -0.4 is 4.72 Å². The number of benzene rings is 1. The molecule has 2 N–H and O–H groups in total. The molecule has 1 aromatic rings. The molecular weight excluding hydrogens is 257 g/mol. The average Bonchev–Trinajstić information content (AvgIpc) is 2.26. The molecule has 0 unspecified atom stereocenters. The van der Waals surface area contributed by atoms with Crippen molar-refractivity contribution in [3.05, 3.63) is 35.6 Å². The Morgan fingerprint density at radius 2 is 1.89 bits per heavy atom. The summed E-state index contributed by atoms with van der Waals surface area (Å²) in [7, 11) is -3.39. The van der Waals surface area contributed by atoms with Gasteiger partial charge in [0.05, 0.1) is 11.9 Å². The van der Waals surface area contributed by atoms with Crippen LogP contribution in [-0.4, -0.2) is 26.2 Å². The number of rotatable bonds is 5. The first-order valence-electron chi connectivity index (χ1n) is 5.84. The van der Waals surface area contributed by atoms with Crippen LogP contribution in [0, 0.1) is 11.7 Å². The molecule has 1 aliphatic carbocycles. The molecule has 1 aliphatic rings. The maximum absolute atomic E-state index is 12.7. The Balaban J connectivity index is 1.85. The first-order valence-corrected chi connectivity index (χ1v) is 7.50. The summed E-state index contributed by atoms with van der Waals surface area (Å²) in [5.41, 5.74) is 0.553. The van der Waals surface area contributed by atoms with E-state index in [1.54, 1.807) is 0 Å². The van der Waals surface area contributed by atoms with Crippen molar-refractivity contribution < 1.29 is 17.9 Å². The Morgan fingerprint density at radius 1 is 1.28 bits per heavy atom. The molecule has 1 fully saturated rings. The van der Waals surface area contributed by atoms with Gasteiger partial charge in [0.1, 0.15) is 5.82 Å². The molecule has 0 atom stereocenters. The molecule has 0 radical (unpaired) electrons. The quantitative estimate of drug-likeness (QED) is 0.841. The summed E-state index contributed by atoms with van der Waals surface area (Å²) in [5.74, 6) is -0.307. The Kier molecular flexibility index (Phi) is 3.99. The van der Waals surface area contributed by atoms with Gasteiger partial charge in [0.2, 0.25) is 10.0 Å². The van der Waals surface area contributed by atoms with Crippen molar-refractivity contribution in [1.82, 2.24) is 4.72 Å². The minimum absolute atomic E-state index is 0.150. The summed E-state index contributed by atoms with van der Waals surface area (Å²) in [6, 6.07) is 5.41. The van der Waals surface area contributed by atoms with Crippen LogP contribution >= 0.6 is 0 Å². The summed E-state index contributed by atoms with van der Waals surface area (Å²) in [5, 5.41) is 9.10. The van der Waals surface area contributed by atoms with Gasteiger partial charge < -0.3 is 5.11 Å². The molecule has 0 saturated heterocycles. The monoisotopic (exact) mass is 273 g/mol. The third kappa shape index (κ3) is 3.76. The van der Waals surface area contributed by atoms with Crippen LogP contribution in [0.2, 0.25) is 0 Å². The van der Waals surface area contributed by atoms with Crippen molar-refractivity contribution >= 4 is 10.0 Å². The van der Waals surface area contributed by atoms with Crippen molar-refractivity contribution in [2.45, 2.75) is 24.7 Å².